The highest BCUT2D eigenvalue weighted by molar-refractivity contribution is 9.10. The summed E-state index contributed by atoms with van der Waals surface area (Å²) in [5.41, 5.74) is -0.422. The van der Waals surface area contributed by atoms with Crippen molar-refractivity contribution in [2.45, 2.75) is 43.2 Å². The maximum Gasteiger partial charge on any atom is 0.261 e. The van der Waals surface area contributed by atoms with Gasteiger partial charge >= 0.3 is 0 Å². The molecule has 1 aromatic rings. The summed E-state index contributed by atoms with van der Waals surface area (Å²) in [6, 6.07) is 0. The molecule has 1 N–H and O–H groups in total. The molecular weight excluding hydrogens is 412 g/mol. The Morgan fingerprint density at radius 3 is 2.50 bits per heavy atom. The third kappa shape index (κ3) is 3.26. The van der Waals surface area contributed by atoms with Crippen LogP contribution in [0.25, 0.3) is 0 Å². The fraction of sp³-hybridized carbons (Fsp3) is 0.818. The maximum atomic E-state index is 12.6. The number of hydrogen-bond donors (Lipinski definition) is 1. The first-order chi connectivity index (χ1) is 9.30. The largest absolute Gasteiger partial charge is 0.261 e. The molecule has 9 heteroatoms. The second-order valence-corrected chi connectivity index (χ2v) is 8.42. The van der Waals surface area contributed by atoms with Gasteiger partial charge in [-0.25, -0.2) is 17.8 Å². The highest BCUT2D eigenvalue weighted by Gasteiger charge is 2.39. The first-order valence-electron chi connectivity index (χ1n) is 6.45. The predicted molar refractivity (Wildman–Crippen MR) is 83.2 cm³/mol. The van der Waals surface area contributed by atoms with Crippen molar-refractivity contribution < 1.29 is 8.42 Å². The lowest BCUT2D eigenvalue weighted by molar-refractivity contribution is 0.249. The summed E-state index contributed by atoms with van der Waals surface area (Å²) in [6.45, 7) is 2.20. The molecule has 0 atom stereocenters. The molecule has 1 fully saturated rings. The van der Waals surface area contributed by atoms with Crippen LogP contribution in [-0.4, -0.2) is 34.3 Å². The van der Waals surface area contributed by atoms with Crippen molar-refractivity contribution >= 4 is 41.9 Å². The van der Waals surface area contributed by atoms with Crippen LogP contribution in [0.4, 0.5) is 0 Å². The first-order valence-corrected chi connectivity index (χ1v) is 9.84. The van der Waals surface area contributed by atoms with Gasteiger partial charge in [-0.1, -0.05) is 28.1 Å². The Balaban J connectivity index is 2.27. The third-order valence-corrected chi connectivity index (χ3v) is 7.37. The predicted octanol–water partition coefficient (Wildman–Crippen LogP) is 2.20. The second kappa shape index (κ2) is 6.02. The average Bonchev–Trinajstić information content (AvgIpc) is 2.72. The Labute approximate surface area is 136 Å². The molecule has 0 amide bonds. The molecule has 1 heterocycles. The Bertz CT molecular complexity index is 560. The quantitative estimate of drug-likeness (QED) is 0.744. The lowest BCUT2D eigenvalue weighted by atomic mass is 9.79. The van der Waals surface area contributed by atoms with Crippen LogP contribution in [0.1, 0.15) is 32.6 Å². The zero-order valence-corrected chi connectivity index (χ0v) is 15.4. The molecule has 2 rings (SSSR count). The van der Waals surface area contributed by atoms with Gasteiger partial charge in [0.15, 0.2) is 4.60 Å². The number of nitrogens with zero attached hydrogens (tertiary/aromatic N) is 3. The summed E-state index contributed by atoms with van der Waals surface area (Å²) in [6.07, 6.45) is 3.72. The number of aryl methyl sites for hydroxylation is 1. The molecule has 1 aliphatic carbocycles. The minimum Gasteiger partial charge on any atom is -0.235 e. The van der Waals surface area contributed by atoms with E-state index in [0.717, 1.165) is 25.7 Å². The summed E-state index contributed by atoms with van der Waals surface area (Å²) in [5.74, 6) is 0.650. The van der Waals surface area contributed by atoms with Gasteiger partial charge in [0, 0.05) is 17.9 Å². The number of nitrogens with one attached hydrogen (secondary N) is 1. The van der Waals surface area contributed by atoms with Crippen molar-refractivity contribution in [2.75, 3.05) is 5.33 Å². The topological polar surface area (TPSA) is 76.9 Å². The van der Waals surface area contributed by atoms with Crippen molar-refractivity contribution in [1.82, 2.24) is 19.7 Å². The van der Waals surface area contributed by atoms with Gasteiger partial charge < -0.3 is 0 Å². The molecule has 0 bridgehead atoms. The van der Waals surface area contributed by atoms with Crippen LogP contribution >= 0.6 is 31.9 Å². The summed E-state index contributed by atoms with van der Waals surface area (Å²) >= 11 is 6.61. The minimum atomic E-state index is -3.65. The van der Waals surface area contributed by atoms with Crippen LogP contribution in [0.3, 0.4) is 0 Å². The molecule has 1 saturated carbocycles. The molecule has 0 spiro atoms. The first kappa shape index (κ1) is 16.4. The summed E-state index contributed by atoms with van der Waals surface area (Å²) in [5, 5.41) is 8.13. The third-order valence-electron chi connectivity index (χ3n) is 3.83. The maximum absolute atomic E-state index is 12.6. The van der Waals surface area contributed by atoms with E-state index in [9.17, 15) is 8.42 Å². The number of aromatic nitrogens is 3. The van der Waals surface area contributed by atoms with Gasteiger partial charge in [-0.2, -0.15) is 0 Å². The fourth-order valence-corrected chi connectivity index (χ4v) is 5.96. The molecule has 20 heavy (non-hydrogen) atoms. The molecule has 0 unspecified atom stereocenters. The van der Waals surface area contributed by atoms with Crippen LogP contribution in [0.5, 0.6) is 0 Å². The van der Waals surface area contributed by atoms with E-state index in [0.29, 0.717) is 11.2 Å². The second-order valence-electron chi connectivity index (χ2n) is 5.51. The smallest absolute Gasteiger partial charge is 0.235 e. The van der Waals surface area contributed by atoms with E-state index in [1.807, 2.05) is 0 Å². The Morgan fingerprint density at radius 2 is 2.05 bits per heavy atom. The number of halogens is 2. The highest BCUT2D eigenvalue weighted by Crippen LogP contribution is 2.34. The Hall–Kier alpha value is 0.0100. The number of alkyl halides is 1. The van der Waals surface area contributed by atoms with E-state index in [2.05, 4.69) is 53.8 Å². The van der Waals surface area contributed by atoms with Crippen molar-refractivity contribution in [3.05, 3.63) is 4.60 Å². The fourth-order valence-electron chi connectivity index (χ4n) is 2.52. The van der Waals surface area contributed by atoms with Gasteiger partial charge in [0.05, 0.1) is 0 Å². The summed E-state index contributed by atoms with van der Waals surface area (Å²) < 4.78 is 29.5. The van der Waals surface area contributed by atoms with Crippen molar-refractivity contribution in [3.8, 4) is 0 Å². The van der Waals surface area contributed by atoms with E-state index in [4.69, 9.17) is 0 Å². The van der Waals surface area contributed by atoms with Gasteiger partial charge in [-0.05, 0) is 47.5 Å². The van der Waals surface area contributed by atoms with Crippen LogP contribution in [-0.2, 0) is 17.1 Å². The lowest BCUT2D eigenvalue weighted by Crippen LogP contribution is -2.52. The van der Waals surface area contributed by atoms with Gasteiger partial charge in [-0.3, -0.25) is 0 Å². The normalized spacial score (nSPS) is 27.7. The molecule has 0 radical (unpaired) electrons. The number of hydrogen-bond acceptors (Lipinski definition) is 4. The van der Waals surface area contributed by atoms with Crippen molar-refractivity contribution in [2.24, 2.45) is 13.0 Å². The SMILES string of the molecule is CC1CCC(CBr)(NS(=O)(=O)c2c(Br)nnn2C)CC1. The molecule has 1 aliphatic rings. The van der Waals surface area contributed by atoms with E-state index < -0.39 is 15.6 Å². The van der Waals surface area contributed by atoms with Crippen LogP contribution in [0.15, 0.2) is 9.63 Å². The van der Waals surface area contributed by atoms with E-state index in [-0.39, 0.29) is 9.63 Å². The molecular formula is C11H18Br2N4O2S. The minimum absolute atomic E-state index is 0.0662. The molecule has 0 saturated heterocycles. The molecule has 1 aromatic heterocycles. The molecule has 114 valence electrons. The Morgan fingerprint density at radius 1 is 1.45 bits per heavy atom. The summed E-state index contributed by atoms with van der Waals surface area (Å²) in [4.78, 5) is 0. The van der Waals surface area contributed by atoms with Gasteiger partial charge in [0.2, 0.25) is 5.03 Å². The van der Waals surface area contributed by atoms with Crippen molar-refractivity contribution in [3.63, 3.8) is 0 Å². The van der Waals surface area contributed by atoms with Gasteiger partial charge in [0.1, 0.15) is 0 Å². The standard InChI is InChI=1S/C11H18Br2N4O2S/c1-8-3-5-11(7-12,6-4-8)15-20(18,19)10-9(13)14-16-17(10)2/h8,15H,3-7H2,1-2H3. The van der Waals surface area contributed by atoms with Gasteiger partial charge in [0.25, 0.3) is 10.0 Å². The van der Waals surface area contributed by atoms with Crippen LogP contribution in [0, 0.1) is 5.92 Å². The highest BCUT2D eigenvalue weighted by atomic mass is 79.9. The van der Waals surface area contributed by atoms with E-state index in [1.54, 1.807) is 7.05 Å². The summed E-state index contributed by atoms with van der Waals surface area (Å²) in [7, 11) is -2.09. The number of sulfonamides is 1. The van der Waals surface area contributed by atoms with Crippen LogP contribution in [0.2, 0.25) is 0 Å². The van der Waals surface area contributed by atoms with E-state index >= 15 is 0 Å². The Kier molecular flexibility index (Phi) is 4.93. The molecule has 0 aliphatic heterocycles. The van der Waals surface area contributed by atoms with E-state index in [1.165, 1.54) is 4.68 Å². The van der Waals surface area contributed by atoms with Crippen LogP contribution < -0.4 is 4.72 Å². The number of rotatable bonds is 4. The van der Waals surface area contributed by atoms with Gasteiger partial charge in [-0.15, -0.1) is 5.10 Å². The zero-order chi connectivity index (χ0) is 15.0. The van der Waals surface area contributed by atoms with Crippen molar-refractivity contribution in [1.29, 1.82) is 0 Å². The molecule has 6 nitrogen and oxygen atoms in total. The molecule has 0 aromatic carbocycles. The lowest BCUT2D eigenvalue weighted by Gasteiger charge is -2.38. The average molecular weight is 430 g/mol. The monoisotopic (exact) mass is 428 g/mol. The zero-order valence-electron chi connectivity index (χ0n) is 11.4.